The maximum atomic E-state index is 11.2. The third kappa shape index (κ3) is 2.33. The lowest BCUT2D eigenvalue weighted by atomic mass is 10.4. The van der Waals surface area contributed by atoms with E-state index in [2.05, 4.69) is 10.3 Å². The number of H-pyrrole nitrogens is 1. The summed E-state index contributed by atoms with van der Waals surface area (Å²) in [6.07, 6.45) is 1.18. The first-order valence-corrected chi connectivity index (χ1v) is 5.49. The number of carbonyl (C=O) groups excluding carboxylic acids is 1. The normalized spacial score (nSPS) is 11.3. The lowest BCUT2D eigenvalue weighted by Crippen LogP contribution is -2.22. The van der Waals surface area contributed by atoms with E-state index in [-0.39, 0.29) is 16.5 Å². The summed E-state index contributed by atoms with van der Waals surface area (Å²) >= 11 is 0. The SMILES string of the molecule is CCNC(=O)c1cc(S(N)(=O)=O)c[nH]1. The predicted molar refractivity (Wildman–Crippen MR) is 50.2 cm³/mol. The van der Waals surface area contributed by atoms with Crippen molar-refractivity contribution in [1.29, 1.82) is 0 Å². The van der Waals surface area contributed by atoms with Crippen LogP contribution in [0.25, 0.3) is 0 Å². The molecule has 78 valence electrons. The molecule has 0 atom stereocenters. The van der Waals surface area contributed by atoms with Gasteiger partial charge < -0.3 is 10.3 Å². The van der Waals surface area contributed by atoms with Crippen LogP contribution in [0.5, 0.6) is 0 Å². The summed E-state index contributed by atoms with van der Waals surface area (Å²) in [7, 11) is -3.74. The molecule has 4 N–H and O–H groups in total. The van der Waals surface area contributed by atoms with Gasteiger partial charge in [-0.05, 0) is 13.0 Å². The number of amides is 1. The summed E-state index contributed by atoms with van der Waals surface area (Å²) in [6, 6.07) is 1.19. The molecule has 0 unspecified atom stereocenters. The van der Waals surface area contributed by atoms with Gasteiger partial charge in [0.25, 0.3) is 5.91 Å². The lowest BCUT2D eigenvalue weighted by Gasteiger charge is -1.96. The van der Waals surface area contributed by atoms with Crippen molar-refractivity contribution in [1.82, 2.24) is 10.3 Å². The van der Waals surface area contributed by atoms with Crippen LogP contribution in [0.15, 0.2) is 17.2 Å². The number of rotatable bonds is 3. The van der Waals surface area contributed by atoms with Crippen molar-refractivity contribution in [3.05, 3.63) is 18.0 Å². The summed E-state index contributed by atoms with van der Waals surface area (Å²) in [5.74, 6) is -0.359. The molecule has 7 heteroatoms. The van der Waals surface area contributed by atoms with Gasteiger partial charge in [-0.2, -0.15) is 0 Å². The van der Waals surface area contributed by atoms with E-state index in [4.69, 9.17) is 5.14 Å². The third-order valence-corrected chi connectivity index (χ3v) is 2.46. The van der Waals surface area contributed by atoms with Crippen LogP contribution < -0.4 is 10.5 Å². The van der Waals surface area contributed by atoms with Gasteiger partial charge in [-0.15, -0.1) is 0 Å². The highest BCUT2D eigenvalue weighted by Crippen LogP contribution is 2.07. The second-order valence-corrected chi connectivity index (χ2v) is 4.21. The minimum absolute atomic E-state index is 0.0984. The van der Waals surface area contributed by atoms with Gasteiger partial charge in [0.15, 0.2) is 0 Å². The topological polar surface area (TPSA) is 105 Å². The molecule has 0 aromatic carbocycles. The monoisotopic (exact) mass is 217 g/mol. The van der Waals surface area contributed by atoms with Crippen LogP contribution in [-0.2, 0) is 10.0 Å². The molecule has 6 nitrogen and oxygen atoms in total. The molecule has 1 aromatic rings. The van der Waals surface area contributed by atoms with E-state index in [0.29, 0.717) is 6.54 Å². The minimum Gasteiger partial charge on any atom is -0.356 e. The zero-order valence-electron chi connectivity index (χ0n) is 7.57. The number of carbonyl (C=O) groups is 1. The molecule has 0 radical (unpaired) electrons. The van der Waals surface area contributed by atoms with Crippen LogP contribution in [0.1, 0.15) is 17.4 Å². The second kappa shape index (κ2) is 3.81. The minimum atomic E-state index is -3.74. The predicted octanol–water partition coefficient (Wildman–Crippen LogP) is -0.588. The van der Waals surface area contributed by atoms with Crippen LogP contribution in [0.2, 0.25) is 0 Å². The number of aromatic amines is 1. The highest BCUT2D eigenvalue weighted by molar-refractivity contribution is 7.89. The summed E-state index contributed by atoms with van der Waals surface area (Å²) in [5.41, 5.74) is 0.177. The fourth-order valence-corrected chi connectivity index (χ4v) is 1.43. The molecular weight excluding hydrogens is 206 g/mol. The summed E-state index contributed by atoms with van der Waals surface area (Å²) in [4.78, 5) is 13.6. The van der Waals surface area contributed by atoms with E-state index in [0.717, 1.165) is 0 Å². The van der Waals surface area contributed by atoms with Crippen LogP contribution in [-0.4, -0.2) is 25.9 Å². The molecule has 0 aliphatic heterocycles. The fraction of sp³-hybridized carbons (Fsp3) is 0.286. The van der Waals surface area contributed by atoms with E-state index in [1.54, 1.807) is 6.92 Å². The summed E-state index contributed by atoms with van der Waals surface area (Å²) in [6.45, 7) is 2.24. The molecular formula is C7H11N3O3S. The smallest absolute Gasteiger partial charge is 0.267 e. The molecule has 1 rings (SSSR count). The Bertz CT molecular complexity index is 435. The number of aromatic nitrogens is 1. The van der Waals surface area contributed by atoms with E-state index in [9.17, 15) is 13.2 Å². The molecule has 1 heterocycles. The van der Waals surface area contributed by atoms with Crippen LogP contribution in [0.3, 0.4) is 0 Å². The Morgan fingerprint density at radius 1 is 1.64 bits per heavy atom. The standard InChI is InChI=1S/C7H11N3O3S/c1-2-9-7(11)6-3-5(4-10-6)14(8,12)13/h3-4,10H,2H2,1H3,(H,9,11)(H2,8,12,13). The molecule has 0 fully saturated rings. The van der Waals surface area contributed by atoms with Crippen molar-refractivity contribution in [3.63, 3.8) is 0 Å². The average molecular weight is 217 g/mol. The Kier molecular flexibility index (Phi) is 2.92. The maximum Gasteiger partial charge on any atom is 0.267 e. The Labute approximate surface area is 81.5 Å². The highest BCUT2D eigenvalue weighted by Gasteiger charge is 2.13. The molecule has 0 bridgehead atoms. The Morgan fingerprint density at radius 2 is 2.29 bits per heavy atom. The number of hydrogen-bond donors (Lipinski definition) is 3. The van der Waals surface area contributed by atoms with Crippen molar-refractivity contribution in [2.45, 2.75) is 11.8 Å². The van der Waals surface area contributed by atoms with Crippen LogP contribution in [0.4, 0.5) is 0 Å². The van der Waals surface area contributed by atoms with Crippen LogP contribution >= 0.6 is 0 Å². The van der Waals surface area contributed by atoms with Crippen molar-refractivity contribution < 1.29 is 13.2 Å². The van der Waals surface area contributed by atoms with Crippen molar-refractivity contribution >= 4 is 15.9 Å². The fourth-order valence-electron chi connectivity index (χ4n) is 0.926. The highest BCUT2D eigenvalue weighted by atomic mass is 32.2. The maximum absolute atomic E-state index is 11.2. The molecule has 0 saturated carbocycles. The second-order valence-electron chi connectivity index (χ2n) is 2.65. The zero-order valence-corrected chi connectivity index (χ0v) is 8.39. The first-order valence-electron chi connectivity index (χ1n) is 3.94. The molecule has 1 aromatic heterocycles. The van der Waals surface area contributed by atoms with Gasteiger partial charge in [0, 0.05) is 12.7 Å². The average Bonchev–Trinajstić information content (AvgIpc) is 2.51. The number of nitrogens with two attached hydrogens (primary N) is 1. The largest absolute Gasteiger partial charge is 0.356 e. The Hall–Kier alpha value is -1.34. The molecule has 0 aliphatic carbocycles. The number of sulfonamides is 1. The van der Waals surface area contributed by atoms with E-state index >= 15 is 0 Å². The first-order chi connectivity index (χ1) is 6.45. The lowest BCUT2D eigenvalue weighted by molar-refractivity contribution is 0.0951. The van der Waals surface area contributed by atoms with Gasteiger partial charge in [0.2, 0.25) is 10.0 Å². The van der Waals surface area contributed by atoms with Gasteiger partial charge in [-0.1, -0.05) is 0 Å². The van der Waals surface area contributed by atoms with E-state index in [1.807, 2.05) is 0 Å². The van der Waals surface area contributed by atoms with E-state index in [1.165, 1.54) is 12.3 Å². The third-order valence-electron chi connectivity index (χ3n) is 1.57. The Morgan fingerprint density at radius 3 is 2.71 bits per heavy atom. The van der Waals surface area contributed by atoms with Crippen LogP contribution in [0, 0.1) is 0 Å². The summed E-state index contributed by atoms with van der Waals surface area (Å²) < 4.78 is 21.7. The molecule has 1 amide bonds. The van der Waals surface area contributed by atoms with Crippen molar-refractivity contribution in [2.24, 2.45) is 5.14 Å². The zero-order chi connectivity index (χ0) is 10.8. The van der Waals surface area contributed by atoms with Crippen molar-refractivity contribution in [3.8, 4) is 0 Å². The van der Waals surface area contributed by atoms with Gasteiger partial charge >= 0.3 is 0 Å². The van der Waals surface area contributed by atoms with Gasteiger partial charge in [-0.25, -0.2) is 13.6 Å². The van der Waals surface area contributed by atoms with Gasteiger partial charge in [0.05, 0.1) is 4.90 Å². The Balaban J connectivity index is 2.94. The molecule has 14 heavy (non-hydrogen) atoms. The first kappa shape index (κ1) is 10.7. The summed E-state index contributed by atoms with van der Waals surface area (Å²) in [5, 5.41) is 7.39. The number of primary sulfonamides is 1. The molecule has 0 aliphatic rings. The molecule has 0 spiro atoms. The molecule has 0 saturated heterocycles. The van der Waals surface area contributed by atoms with Crippen molar-refractivity contribution in [2.75, 3.05) is 6.54 Å². The number of nitrogens with one attached hydrogen (secondary N) is 2. The number of hydrogen-bond acceptors (Lipinski definition) is 3. The van der Waals surface area contributed by atoms with Gasteiger partial charge in [-0.3, -0.25) is 4.79 Å². The van der Waals surface area contributed by atoms with E-state index < -0.39 is 10.0 Å². The quantitative estimate of drug-likeness (QED) is 0.630. The van der Waals surface area contributed by atoms with Gasteiger partial charge in [0.1, 0.15) is 5.69 Å².